The standard InChI is InChI=1S/C25H34O4/c1-3-14-11-15-12-16(26)5-6-17(15)18-7-9-24(4-2)23(22(14)18)19-13-20(19)25(24,29)10-8-21(27)28/h8,10,12,14,17-20,22-23,29H,3-7,9,11,13H2,1-2H3,(H,27,28)/b10-8-/t14-,17-,18+,19+,20-,22+,23-,24-,25-/m0/s1. The summed E-state index contributed by atoms with van der Waals surface area (Å²) in [6, 6.07) is 0. The molecule has 29 heavy (non-hydrogen) atoms. The molecule has 0 unspecified atom stereocenters. The van der Waals surface area contributed by atoms with Crippen LogP contribution in [0.2, 0.25) is 0 Å². The molecule has 4 fully saturated rings. The lowest BCUT2D eigenvalue weighted by Gasteiger charge is -2.60. The summed E-state index contributed by atoms with van der Waals surface area (Å²) in [5.41, 5.74) is 0.245. The van der Waals surface area contributed by atoms with Crippen molar-refractivity contribution in [1.82, 2.24) is 0 Å². The van der Waals surface area contributed by atoms with Gasteiger partial charge in [-0.15, -0.1) is 0 Å². The highest BCUT2D eigenvalue weighted by molar-refractivity contribution is 5.91. The predicted octanol–water partition coefficient (Wildman–Crippen LogP) is 4.38. The largest absolute Gasteiger partial charge is 0.478 e. The second-order valence-corrected chi connectivity index (χ2v) is 10.5. The average molecular weight is 399 g/mol. The van der Waals surface area contributed by atoms with Crippen LogP contribution in [0.4, 0.5) is 0 Å². The summed E-state index contributed by atoms with van der Waals surface area (Å²) in [7, 11) is 0. The zero-order valence-corrected chi connectivity index (χ0v) is 17.6. The number of allylic oxidation sites excluding steroid dienone is 1. The van der Waals surface area contributed by atoms with E-state index in [1.807, 2.05) is 6.08 Å². The van der Waals surface area contributed by atoms with Crippen LogP contribution in [0.1, 0.15) is 65.2 Å². The molecule has 9 atom stereocenters. The molecule has 0 bridgehead atoms. The fourth-order valence-electron chi connectivity index (χ4n) is 8.79. The Kier molecular flexibility index (Phi) is 4.40. The van der Waals surface area contributed by atoms with Crippen LogP contribution in [0, 0.1) is 46.8 Å². The van der Waals surface area contributed by atoms with Crippen LogP contribution in [0.15, 0.2) is 23.8 Å². The summed E-state index contributed by atoms with van der Waals surface area (Å²) >= 11 is 0. The summed E-state index contributed by atoms with van der Waals surface area (Å²) in [5, 5.41) is 21.1. The predicted molar refractivity (Wildman–Crippen MR) is 110 cm³/mol. The fraction of sp³-hybridized carbons (Fsp3) is 0.760. The monoisotopic (exact) mass is 398 g/mol. The van der Waals surface area contributed by atoms with Gasteiger partial charge in [0.25, 0.3) is 0 Å². The Labute approximate surface area is 173 Å². The third-order valence-corrected chi connectivity index (χ3v) is 9.85. The lowest BCUT2D eigenvalue weighted by Crippen LogP contribution is -2.57. The molecule has 0 aromatic carbocycles. The molecule has 0 spiro atoms. The van der Waals surface area contributed by atoms with Gasteiger partial charge in [-0.3, -0.25) is 4.79 Å². The van der Waals surface area contributed by atoms with Gasteiger partial charge in [0.2, 0.25) is 0 Å². The maximum Gasteiger partial charge on any atom is 0.328 e. The number of carbonyl (C=O) groups excluding carboxylic acids is 1. The highest BCUT2D eigenvalue weighted by Crippen LogP contribution is 2.77. The van der Waals surface area contributed by atoms with Crippen LogP contribution in [0.3, 0.4) is 0 Å². The van der Waals surface area contributed by atoms with Gasteiger partial charge in [0.05, 0.1) is 5.60 Å². The first-order valence-corrected chi connectivity index (χ1v) is 11.7. The van der Waals surface area contributed by atoms with E-state index >= 15 is 0 Å². The molecule has 0 heterocycles. The minimum absolute atomic E-state index is 0.188. The Bertz CT molecular complexity index is 797. The van der Waals surface area contributed by atoms with Gasteiger partial charge in [-0.2, -0.15) is 0 Å². The number of carboxylic acids is 1. The maximum absolute atomic E-state index is 12.1. The number of fused-ring (bicyclic) bond motifs is 7. The number of aliphatic hydroxyl groups is 1. The van der Waals surface area contributed by atoms with Gasteiger partial charge in [-0.05, 0) is 92.1 Å². The smallest absolute Gasteiger partial charge is 0.328 e. The number of hydrogen-bond acceptors (Lipinski definition) is 3. The van der Waals surface area contributed by atoms with E-state index in [2.05, 4.69) is 13.8 Å². The Hall–Kier alpha value is -1.42. The van der Waals surface area contributed by atoms with E-state index in [0.29, 0.717) is 47.7 Å². The molecule has 4 saturated carbocycles. The third kappa shape index (κ3) is 2.54. The number of carbonyl (C=O) groups is 2. The summed E-state index contributed by atoms with van der Waals surface area (Å²) in [4.78, 5) is 23.3. The van der Waals surface area contributed by atoms with Crippen LogP contribution in [0.25, 0.3) is 0 Å². The second-order valence-electron chi connectivity index (χ2n) is 10.5. The topological polar surface area (TPSA) is 74.6 Å². The van der Waals surface area contributed by atoms with E-state index in [9.17, 15) is 19.8 Å². The van der Waals surface area contributed by atoms with E-state index in [1.54, 1.807) is 6.08 Å². The van der Waals surface area contributed by atoms with E-state index < -0.39 is 11.6 Å². The van der Waals surface area contributed by atoms with Crippen molar-refractivity contribution >= 4 is 11.8 Å². The lowest BCUT2D eigenvalue weighted by atomic mass is 9.45. The van der Waals surface area contributed by atoms with Crippen molar-refractivity contribution in [2.24, 2.45) is 46.8 Å². The summed E-state index contributed by atoms with van der Waals surface area (Å²) in [6.07, 6.45) is 12.7. The van der Waals surface area contributed by atoms with Crippen molar-refractivity contribution in [3.8, 4) is 0 Å². The van der Waals surface area contributed by atoms with Crippen molar-refractivity contribution in [3.05, 3.63) is 23.8 Å². The second kappa shape index (κ2) is 6.54. The highest BCUT2D eigenvalue weighted by atomic mass is 16.4. The number of ketones is 1. The Morgan fingerprint density at radius 2 is 2.07 bits per heavy atom. The van der Waals surface area contributed by atoms with E-state index in [-0.39, 0.29) is 11.3 Å². The van der Waals surface area contributed by atoms with Gasteiger partial charge in [0.15, 0.2) is 5.78 Å². The van der Waals surface area contributed by atoms with Crippen LogP contribution in [0.5, 0.6) is 0 Å². The Morgan fingerprint density at radius 1 is 1.28 bits per heavy atom. The molecule has 2 N–H and O–H groups in total. The van der Waals surface area contributed by atoms with Crippen LogP contribution < -0.4 is 0 Å². The summed E-state index contributed by atoms with van der Waals surface area (Å²) < 4.78 is 0. The van der Waals surface area contributed by atoms with Crippen LogP contribution >= 0.6 is 0 Å². The molecule has 0 saturated heterocycles. The molecular weight excluding hydrogens is 364 g/mol. The zero-order valence-electron chi connectivity index (χ0n) is 17.6. The minimum atomic E-state index is -0.975. The zero-order chi connectivity index (χ0) is 20.6. The molecule has 0 aliphatic heterocycles. The van der Waals surface area contributed by atoms with Gasteiger partial charge < -0.3 is 10.2 Å². The lowest BCUT2D eigenvalue weighted by molar-refractivity contribution is -0.140. The quantitative estimate of drug-likeness (QED) is 0.689. The molecule has 0 aromatic rings. The molecule has 158 valence electrons. The van der Waals surface area contributed by atoms with E-state index in [1.165, 1.54) is 11.6 Å². The van der Waals surface area contributed by atoms with Crippen molar-refractivity contribution in [3.63, 3.8) is 0 Å². The molecule has 5 aliphatic rings. The van der Waals surface area contributed by atoms with Gasteiger partial charge in [0.1, 0.15) is 0 Å². The third-order valence-electron chi connectivity index (χ3n) is 9.85. The van der Waals surface area contributed by atoms with Gasteiger partial charge >= 0.3 is 5.97 Å². The van der Waals surface area contributed by atoms with Crippen LogP contribution in [-0.2, 0) is 9.59 Å². The number of rotatable bonds is 4. The molecule has 0 aromatic heterocycles. The SMILES string of the molecule is CC[C@H]1CC2=CC(=O)CC[C@@H]2[C@H]2CC[C@@]3(CC)[C@@H]([C@@H]4C[C@@H]4[C@@]3(O)/C=C\C(=O)O)[C@H]12. The maximum atomic E-state index is 12.1. The minimum Gasteiger partial charge on any atom is -0.478 e. The molecule has 4 nitrogen and oxygen atoms in total. The Morgan fingerprint density at radius 3 is 2.76 bits per heavy atom. The Balaban J connectivity index is 1.56. The number of carboxylic acid groups (broad SMARTS) is 1. The number of hydrogen-bond donors (Lipinski definition) is 2. The molecule has 0 radical (unpaired) electrons. The normalized spacial score (nSPS) is 50.4. The molecule has 0 amide bonds. The molecule has 4 heteroatoms. The first-order chi connectivity index (χ1) is 13.9. The number of aliphatic carboxylic acids is 1. The fourth-order valence-corrected chi connectivity index (χ4v) is 8.79. The van der Waals surface area contributed by atoms with Crippen molar-refractivity contribution < 1.29 is 19.8 Å². The van der Waals surface area contributed by atoms with E-state index in [4.69, 9.17) is 0 Å². The van der Waals surface area contributed by atoms with Crippen molar-refractivity contribution in [2.75, 3.05) is 0 Å². The van der Waals surface area contributed by atoms with Gasteiger partial charge in [-0.25, -0.2) is 4.79 Å². The van der Waals surface area contributed by atoms with E-state index in [0.717, 1.165) is 44.9 Å². The van der Waals surface area contributed by atoms with Crippen LogP contribution in [-0.4, -0.2) is 27.6 Å². The molecular formula is C25H34O4. The molecule has 5 aliphatic carbocycles. The molecule has 5 rings (SSSR count). The first-order valence-electron chi connectivity index (χ1n) is 11.7. The van der Waals surface area contributed by atoms with Crippen molar-refractivity contribution in [1.29, 1.82) is 0 Å². The average Bonchev–Trinajstić information content (AvgIpc) is 3.47. The first kappa shape index (κ1) is 19.5. The van der Waals surface area contributed by atoms with Gasteiger partial charge in [-0.1, -0.05) is 25.8 Å². The summed E-state index contributed by atoms with van der Waals surface area (Å²) in [6.45, 7) is 4.48. The summed E-state index contributed by atoms with van der Waals surface area (Å²) in [5.74, 6) is 2.96. The van der Waals surface area contributed by atoms with Crippen molar-refractivity contribution in [2.45, 2.75) is 70.8 Å². The van der Waals surface area contributed by atoms with Gasteiger partial charge in [0, 0.05) is 17.9 Å². The highest BCUT2D eigenvalue weighted by Gasteiger charge is 2.76.